The van der Waals surface area contributed by atoms with Gasteiger partial charge in [0.1, 0.15) is 0 Å². The van der Waals surface area contributed by atoms with Gasteiger partial charge >= 0.3 is 6.11 Å². The first-order chi connectivity index (χ1) is 14.9. The monoisotopic (exact) mass is 436 g/mol. The van der Waals surface area contributed by atoms with E-state index < -0.39 is 23.5 Å². The van der Waals surface area contributed by atoms with Gasteiger partial charge in [0.2, 0.25) is 5.82 Å². The summed E-state index contributed by atoms with van der Waals surface area (Å²) in [5.41, 5.74) is 0.803. The van der Waals surface area contributed by atoms with Crippen LogP contribution in [0.15, 0.2) is 36.4 Å². The van der Waals surface area contributed by atoms with Gasteiger partial charge in [0.05, 0.1) is 5.56 Å². The zero-order valence-corrected chi connectivity index (χ0v) is 18.4. The highest BCUT2D eigenvalue weighted by Crippen LogP contribution is 2.39. The molecule has 2 aromatic rings. The van der Waals surface area contributed by atoms with E-state index in [1.165, 1.54) is 56.7 Å². The maximum absolute atomic E-state index is 14.6. The predicted molar refractivity (Wildman–Crippen MR) is 116 cm³/mol. The summed E-state index contributed by atoms with van der Waals surface area (Å²) in [5, 5.41) is 0. The lowest BCUT2D eigenvalue weighted by molar-refractivity contribution is -0.187. The van der Waals surface area contributed by atoms with Crippen molar-refractivity contribution < 1.29 is 22.3 Å². The normalized spacial score (nSPS) is 19.4. The van der Waals surface area contributed by atoms with Gasteiger partial charge in [-0.15, -0.1) is 0 Å². The second-order valence-electron chi connectivity index (χ2n) is 8.66. The maximum Gasteiger partial charge on any atom is 0.426 e. The zero-order chi connectivity index (χ0) is 22.4. The first-order valence-corrected chi connectivity index (χ1v) is 11.5. The Balaban J connectivity index is 1.62. The van der Waals surface area contributed by atoms with Gasteiger partial charge in [-0.25, -0.2) is 4.39 Å². The van der Waals surface area contributed by atoms with Crippen molar-refractivity contribution in [3.8, 4) is 5.75 Å². The van der Waals surface area contributed by atoms with Crippen LogP contribution in [0, 0.1) is 17.6 Å². The molecule has 0 saturated heterocycles. The quantitative estimate of drug-likeness (QED) is 0.283. The van der Waals surface area contributed by atoms with Crippen LogP contribution < -0.4 is 4.74 Å². The van der Waals surface area contributed by atoms with E-state index in [2.05, 4.69) is 11.7 Å². The lowest BCUT2D eigenvalue weighted by atomic mass is 9.77. The summed E-state index contributed by atoms with van der Waals surface area (Å²) in [7, 11) is 0. The molecule has 1 aliphatic carbocycles. The molecule has 3 rings (SSSR count). The van der Waals surface area contributed by atoms with Crippen molar-refractivity contribution in [1.82, 2.24) is 0 Å². The molecule has 170 valence electrons. The van der Waals surface area contributed by atoms with Crippen LogP contribution in [0.4, 0.5) is 17.6 Å². The van der Waals surface area contributed by atoms with Gasteiger partial charge in [-0.2, -0.15) is 13.2 Å². The molecule has 5 heteroatoms. The SMILES string of the molecule is CCCCCC1CCC(c2ccc(C(F)(F)Oc3ccc(CC)c(F)c3F)cc2)CC1. The first kappa shape index (κ1) is 23.6. The molecule has 0 amide bonds. The topological polar surface area (TPSA) is 9.23 Å². The van der Waals surface area contributed by atoms with E-state index in [9.17, 15) is 17.6 Å². The standard InChI is InChI=1S/C26H32F4O/c1-3-5-6-7-18-8-10-20(11-9-18)21-12-15-22(16-13-21)26(29,30)31-23-17-14-19(4-2)24(27)25(23)28/h12-18,20H,3-11H2,1-2H3. The van der Waals surface area contributed by atoms with Crippen molar-refractivity contribution >= 4 is 0 Å². The largest absolute Gasteiger partial charge is 0.426 e. The van der Waals surface area contributed by atoms with Crippen LogP contribution in [0.2, 0.25) is 0 Å². The number of aryl methyl sites for hydroxylation is 1. The number of benzene rings is 2. The average molecular weight is 437 g/mol. The number of halogens is 4. The second kappa shape index (κ2) is 10.5. The van der Waals surface area contributed by atoms with Gasteiger partial charge in [0.15, 0.2) is 11.6 Å². The number of unbranched alkanes of at least 4 members (excludes halogenated alkanes) is 2. The summed E-state index contributed by atoms with van der Waals surface area (Å²) in [5.74, 6) is -2.14. The number of hydrogen-bond donors (Lipinski definition) is 0. The number of rotatable bonds is 9. The molecule has 1 saturated carbocycles. The molecular weight excluding hydrogens is 404 g/mol. The smallest absolute Gasteiger partial charge is 0.426 e. The van der Waals surface area contributed by atoms with Crippen molar-refractivity contribution in [2.45, 2.75) is 83.7 Å². The average Bonchev–Trinajstić information content (AvgIpc) is 2.78. The minimum Gasteiger partial charge on any atom is -0.426 e. The first-order valence-electron chi connectivity index (χ1n) is 11.5. The Morgan fingerprint density at radius 3 is 2.16 bits per heavy atom. The summed E-state index contributed by atoms with van der Waals surface area (Å²) >= 11 is 0. The Bertz CT molecular complexity index is 839. The highest BCUT2D eigenvalue weighted by atomic mass is 19.3. The molecule has 0 bridgehead atoms. The van der Waals surface area contributed by atoms with Crippen LogP contribution in [0.1, 0.15) is 87.8 Å². The molecule has 0 atom stereocenters. The molecule has 2 aromatic carbocycles. The Morgan fingerprint density at radius 1 is 0.871 bits per heavy atom. The van der Waals surface area contributed by atoms with Gasteiger partial charge in [0.25, 0.3) is 0 Å². The van der Waals surface area contributed by atoms with Gasteiger partial charge in [-0.05, 0) is 73.3 Å². The Kier molecular flexibility index (Phi) is 8.01. The lowest BCUT2D eigenvalue weighted by Crippen LogP contribution is -2.23. The van der Waals surface area contributed by atoms with Crippen LogP contribution in [0.25, 0.3) is 0 Å². The minimum absolute atomic E-state index is 0.123. The predicted octanol–water partition coefficient (Wildman–Crippen LogP) is 8.51. The van der Waals surface area contributed by atoms with Crippen molar-refractivity contribution in [2.75, 3.05) is 0 Å². The van der Waals surface area contributed by atoms with Crippen LogP contribution in [0.5, 0.6) is 5.75 Å². The molecule has 1 nitrogen and oxygen atoms in total. The van der Waals surface area contributed by atoms with E-state index in [4.69, 9.17) is 0 Å². The van der Waals surface area contributed by atoms with Crippen molar-refractivity contribution in [1.29, 1.82) is 0 Å². The summed E-state index contributed by atoms with van der Waals surface area (Å²) in [6.45, 7) is 3.87. The molecular formula is C26H32F4O. The van der Waals surface area contributed by atoms with E-state index in [1.54, 1.807) is 19.1 Å². The molecule has 1 fully saturated rings. The fourth-order valence-corrected chi connectivity index (χ4v) is 4.54. The van der Waals surface area contributed by atoms with Crippen LogP contribution in [0.3, 0.4) is 0 Å². The fourth-order valence-electron chi connectivity index (χ4n) is 4.54. The third-order valence-corrected chi connectivity index (χ3v) is 6.53. The number of hydrogen-bond acceptors (Lipinski definition) is 1. The second-order valence-corrected chi connectivity index (χ2v) is 8.66. The number of ether oxygens (including phenoxy) is 1. The lowest BCUT2D eigenvalue weighted by Gasteiger charge is -2.29. The third-order valence-electron chi connectivity index (χ3n) is 6.53. The van der Waals surface area contributed by atoms with Crippen LogP contribution in [-0.2, 0) is 12.5 Å². The highest BCUT2D eigenvalue weighted by Gasteiger charge is 2.36. The molecule has 0 N–H and O–H groups in total. The van der Waals surface area contributed by atoms with E-state index in [0.717, 1.165) is 30.4 Å². The summed E-state index contributed by atoms with van der Waals surface area (Å²) in [6, 6.07) is 8.41. The molecule has 0 unspecified atom stereocenters. The summed E-state index contributed by atoms with van der Waals surface area (Å²) < 4.78 is 61.8. The third kappa shape index (κ3) is 5.81. The Morgan fingerprint density at radius 2 is 1.55 bits per heavy atom. The molecule has 0 radical (unpaired) electrons. The summed E-state index contributed by atoms with van der Waals surface area (Å²) in [4.78, 5) is 0. The van der Waals surface area contributed by atoms with E-state index in [0.29, 0.717) is 5.92 Å². The molecule has 1 aliphatic rings. The van der Waals surface area contributed by atoms with E-state index >= 15 is 0 Å². The highest BCUT2D eigenvalue weighted by molar-refractivity contribution is 5.33. The van der Waals surface area contributed by atoms with Crippen LogP contribution >= 0.6 is 0 Å². The number of alkyl halides is 2. The van der Waals surface area contributed by atoms with Gasteiger partial charge in [0, 0.05) is 0 Å². The van der Waals surface area contributed by atoms with Gasteiger partial charge in [-0.1, -0.05) is 57.7 Å². The Labute approximate surface area is 182 Å². The van der Waals surface area contributed by atoms with Crippen molar-refractivity contribution in [3.63, 3.8) is 0 Å². The maximum atomic E-state index is 14.6. The molecule has 0 spiro atoms. The summed E-state index contributed by atoms with van der Waals surface area (Å²) in [6.07, 6.45) is 6.16. The van der Waals surface area contributed by atoms with Gasteiger partial charge in [-0.3, -0.25) is 0 Å². The molecule has 0 heterocycles. The Hall–Kier alpha value is -2.04. The molecule has 0 aliphatic heterocycles. The fraction of sp³-hybridized carbons (Fsp3) is 0.538. The van der Waals surface area contributed by atoms with Crippen LogP contribution in [-0.4, -0.2) is 0 Å². The van der Waals surface area contributed by atoms with Crippen molar-refractivity contribution in [3.05, 3.63) is 64.7 Å². The molecule has 31 heavy (non-hydrogen) atoms. The zero-order valence-electron chi connectivity index (χ0n) is 18.4. The molecule has 0 aromatic heterocycles. The van der Waals surface area contributed by atoms with E-state index in [1.807, 2.05) is 0 Å². The minimum atomic E-state index is -3.75. The van der Waals surface area contributed by atoms with Crippen molar-refractivity contribution in [2.24, 2.45) is 5.92 Å². The van der Waals surface area contributed by atoms with E-state index in [-0.39, 0.29) is 17.5 Å². The van der Waals surface area contributed by atoms with Gasteiger partial charge < -0.3 is 4.74 Å².